The molecule has 5 nitrogen and oxygen atoms in total. The second kappa shape index (κ2) is 133. The maximum absolute atomic E-state index is 0. The molecule has 0 spiro atoms. The van der Waals surface area contributed by atoms with Gasteiger partial charge in [0.15, 0.2) is 0 Å². The van der Waals surface area contributed by atoms with Crippen LogP contribution in [0.25, 0.3) is 0 Å². The molecule has 0 aromatic heterocycles. The van der Waals surface area contributed by atoms with E-state index < -0.39 is 0 Å². The van der Waals surface area contributed by atoms with Gasteiger partial charge in [-0.1, -0.05) is 0 Å². The molecule has 0 saturated heterocycles. The van der Waals surface area contributed by atoms with Gasteiger partial charge in [0.25, 0.3) is 0 Å². The van der Waals surface area contributed by atoms with Gasteiger partial charge in [0.1, 0.15) is 0 Å². The summed E-state index contributed by atoms with van der Waals surface area (Å²) in [7, 11) is 0. The summed E-state index contributed by atoms with van der Waals surface area (Å²) in [5.74, 6) is 0. The summed E-state index contributed by atoms with van der Waals surface area (Å²) >= 11 is 0. The standard InChI is InChI=1S/2Bi.5O/q2*+5;5*-2. The third-order valence-corrected chi connectivity index (χ3v) is 0. The largest absolute Gasteiger partial charge is 5.00 e. The molecule has 7 heavy (non-hydrogen) atoms. The van der Waals surface area contributed by atoms with Crippen molar-refractivity contribution in [3.8, 4) is 0 Å². The predicted octanol–water partition coefficient (Wildman–Crippen LogP) is -1.36. The van der Waals surface area contributed by atoms with Crippen molar-refractivity contribution in [1.29, 1.82) is 0 Å². The van der Waals surface area contributed by atoms with Crippen molar-refractivity contribution in [3.05, 3.63) is 0 Å². The zero-order valence-electron chi connectivity index (χ0n) is 2.94. The Balaban J connectivity index is 0. The Bertz CT molecular complexity index is 6.04. The molecule has 0 aromatic rings. The van der Waals surface area contributed by atoms with Crippen LogP contribution in [-0.2, 0) is 27.4 Å². The number of hydrogen-bond acceptors (Lipinski definition) is 0. The van der Waals surface area contributed by atoms with Crippen LogP contribution in [0, 0.1) is 0 Å². The van der Waals surface area contributed by atoms with Crippen LogP contribution in [0.15, 0.2) is 0 Å². The van der Waals surface area contributed by atoms with Crippen molar-refractivity contribution in [2.24, 2.45) is 0 Å². The maximum atomic E-state index is 0. The minimum Gasteiger partial charge on any atom is -2.00 e. The molecule has 0 aliphatic rings. The third-order valence-electron chi connectivity index (χ3n) is 0. The van der Waals surface area contributed by atoms with E-state index in [1.165, 1.54) is 0 Å². The van der Waals surface area contributed by atoms with Crippen LogP contribution in [0.5, 0.6) is 0 Å². The number of hydrogen-bond donors (Lipinski definition) is 0. The first-order valence-electron chi connectivity index (χ1n) is 0. The molecule has 0 heterocycles. The van der Waals surface area contributed by atoms with Gasteiger partial charge >= 0.3 is 52.4 Å². The van der Waals surface area contributed by atoms with E-state index in [9.17, 15) is 0 Å². The van der Waals surface area contributed by atoms with E-state index in [1.807, 2.05) is 0 Å². The van der Waals surface area contributed by atoms with E-state index in [0.29, 0.717) is 0 Å². The fraction of sp³-hybridized carbons (Fsp3) is 0. The van der Waals surface area contributed by atoms with Crippen LogP contribution in [0.4, 0.5) is 0 Å². The molecule has 0 radical (unpaired) electrons. The van der Waals surface area contributed by atoms with Crippen LogP contribution in [0.3, 0.4) is 0 Å². The predicted molar refractivity (Wildman–Crippen MR) is 14.9 cm³/mol. The Morgan fingerprint density at radius 3 is 0.286 bits per heavy atom. The molecule has 0 unspecified atom stereocenters. The minimum atomic E-state index is 0. The first-order valence-corrected chi connectivity index (χ1v) is 0. The van der Waals surface area contributed by atoms with E-state index >= 15 is 0 Å². The van der Waals surface area contributed by atoms with E-state index in [-0.39, 0.29) is 79.8 Å². The topological polar surface area (TPSA) is 142 Å². The summed E-state index contributed by atoms with van der Waals surface area (Å²) in [6.07, 6.45) is 0. The SMILES string of the molecule is [Bi+5].[Bi+5].[O-2].[O-2].[O-2].[O-2].[O-2]. The molecule has 0 amide bonds. The Kier molecular flexibility index (Phi) is 3800. The van der Waals surface area contributed by atoms with E-state index in [4.69, 9.17) is 0 Å². The van der Waals surface area contributed by atoms with Gasteiger partial charge in [0.05, 0.1) is 0 Å². The van der Waals surface area contributed by atoms with Crippen LogP contribution in [0.2, 0.25) is 0 Å². The Hall–Kier alpha value is 1.57. The smallest absolute Gasteiger partial charge is 2.00 e. The van der Waals surface area contributed by atoms with Crippen molar-refractivity contribution < 1.29 is 27.4 Å². The average molecular weight is 498 g/mol. The average Bonchev–Trinajstić information content (AvgIpc) is 0. The van der Waals surface area contributed by atoms with E-state index in [2.05, 4.69) is 0 Å². The summed E-state index contributed by atoms with van der Waals surface area (Å²) in [5, 5.41) is 0. The maximum Gasteiger partial charge on any atom is 5.00 e. The molecule has 0 N–H and O–H groups in total. The van der Waals surface area contributed by atoms with Crippen LogP contribution < -0.4 is 0 Å². The normalized spacial score (nSPS) is 0. The van der Waals surface area contributed by atoms with E-state index in [1.54, 1.807) is 0 Å². The molecule has 0 aromatic carbocycles. The Morgan fingerprint density at radius 1 is 0.286 bits per heavy atom. The molecular formula is Bi2O5. The van der Waals surface area contributed by atoms with E-state index in [0.717, 1.165) is 0 Å². The number of rotatable bonds is 0. The minimum absolute atomic E-state index is 0. The Morgan fingerprint density at radius 2 is 0.286 bits per heavy atom. The van der Waals surface area contributed by atoms with Crippen LogP contribution in [-0.4, -0.2) is 52.4 Å². The second-order valence-corrected chi connectivity index (χ2v) is 0. The molecule has 0 bridgehead atoms. The molecule has 7 heteroatoms. The van der Waals surface area contributed by atoms with Crippen molar-refractivity contribution >= 4 is 52.4 Å². The molecule has 0 rings (SSSR count). The monoisotopic (exact) mass is 498 g/mol. The fourth-order valence-electron chi connectivity index (χ4n) is 0. The zero-order chi connectivity index (χ0) is 0. The fourth-order valence-corrected chi connectivity index (χ4v) is 0. The quantitative estimate of drug-likeness (QED) is 0.364. The summed E-state index contributed by atoms with van der Waals surface area (Å²) in [4.78, 5) is 0. The van der Waals surface area contributed by atoms with Crippen molar-refractivity contribution in [3.63, 3.8) is 0 Å². The van der Waals surface area contributed by atoms with Crippen molar-refractivity contribution in [2.45, 2.75) is 0 Å². The molecule has 40 valence electrons. The van der Waals surface area contributed by atoms with Gasteiger partial charge < -0.3 is 27.4 Å². The molecule has 0 fully saturated rings. The molecule has 0 aliphatic carbocycles. The van der Waals surface area contributed by atoms with Gasteiger partial charge in [0, 0.05) is 0 Å². The first-order chi connectivity index (χ1) is 0. The first kappa shape index (κ1) is 200. The molecule has 0 aliphatic heterocycles. The second-order valence-electron chi connectivity index (χ2n) is 0. The van der Waals surface area contributed by atoms with Gasteiger partial charge in [-0.2, -0.15) is 0 Å². The van der Waals surface area contributed by atoms with Crippen LogP contribution in [0.1, 0.15) is 0 Å². The van der Waals surface area contributed by atoms with Crippen molar-refractivity contribution in [2.75, 3.05) is 0 Å². The van der Waals surface area contributed by atoms with Crippen LogP contribution >= 0.6 is 0 Å². The Labute approximate surface area is 79.3 Å². The molecular weight excluding hydrogens is 498 g/mol. The zero-order valence-corrected chi connectivity index (χ0v) is 9.89. The van der Waals surface area contributed by atoms with Gasteiger partial charge in [-0.3, -0.25) is 0 Å². The van der Waals surface area contributed by atoms with Gasteiger partial charge in [-0.25, -0.2) is 0 Å². The summed E-state index contributed by atoms with van der Waals surface area (Å²) < 4.78 is 0. The summed E-state index contributed by atoms with van der Waals surface area (Å²) in [6.45, 7) is 0. The third kappa shape index (κ3) is 95.6. The van der Waals surface area contributed by atoms with Gasteiger partial charge in [-0.15, -0.1) is 0 Å². The summed E-state index contributed by atoms with van der Waals surface area (Å²) in [6, 6.07) is 0. The van der Waals surface area contributed by atoms with Gasteiger partial charge in [-0.05, 0) is 0 Å². The van der Waals surface area contributed by atoms with Gasteiger partial charge in [0.2, 0.25) is 0 Å². The summed E-state index contributed by atoms with van der Waals surface area (Å²) in [5.41, 5.74) is 0. The van der Waals surface area contributed by atoms with Crippen molar-refractivity contribution in [1.82, 2.24) is 0 Å². The molecule has 0 atom stereocenters. The molecule has 0 saturated carbocycles.